The standard InChI is InChI=1S/C11H17N3O4/c1-7-4-14(11(18)12(7)2)10(17)6-13-5-8(15)3-9(13)16/h7-8,15H,3-6H2,1-2H3. The van der Waals surface area contributed by atoms with E-state index >= 15 is 0 Å². The number of hydrogen-bond acceptors (Lipinski definition) is 4. The third-order valence-corrected chi connectivity index (χ3v) is 3.46. The van der Waals surface area contributed by atoms with Gasteiger partial charge in [-0.2, -0.15) is 0 Å². The van der Waals surface area contributed by atoms with Gasteiger partial charge in [0.2, 0.25) is 11.8 Å². The SMILES string of the molecule is CC1CN(C(=O)CN2CC(O)CC2=O)C(=O)N1C. The molecule has 0 aromatic rings. The van der Waals surface area contributed by atoms with E-state index in [-0.39, 0.29) is 37.5 Å². The maximum Gasteiger partial charge on any atom is 0.326 e. The van der Waals surface area contributed by atoms with Crippen LogP contribution in [0.4, 0.5) is 4.79 Å². The van der Waals surface area contributed by atoms with Gasteiger partial charge >= 0.3 is 6.03 Å². The fourth-order valence-corrected chi connectivity index (χ4v) is 2.21. The predicted molar refractivity (Wildman–Crippen MR) is 61.5 cm³/mol. The highest BCUT2D eigenvalue weighted by atomic mass is 16.3. The first-order chi connectivity index (χ1) is 8.40. The van der Waals surface area contributed by atoms with Gasteiger partial charge in [0, 0.05) is 19.6 Å². The molecule has 0 saturated carbocycles. The lowest BCUT2D eigenvalue weighted by Gasteiger charge is -2.19. The minimum atomic E-state index is -0.707. The summed E-state index contributed by atoms with van der Waals surface area (Å²) < 4.78 is 0. The van der Waals surface area contributed by atoms with Crippen LogP contribution in [-0.2, 0) is 9.59 Å². The molecule has 0 spiro atoms. The minimum absolute atomic E-state index is 0.0127. The highest BCUT2D eigenvalue weighted by Crippen LogP contribution is 2.15. The first-order valence-electron chi connectivity index (χ1n) is 5.93. The Bertz CT molecular complexity index is 398. The molecule has 0 aromatic heterocycles. The molecule has 7 heteroatoms. The van der Waals surface area contributed by atoms with Crippen molar-refractivity contribution < 1.29 is 19.5 Å². The van der Waals surface area contributed by atoms with Gasteiger partial charge in [-0.15, -0.1) is 0 Å². The van der Waals surface area contributed by atoms with Gasteiger partial charge in [-0.1, -0.05) is 0 Å². The number of hydrogen-bond donors (Lipinski definition) is 1. The van der Waals surface area contributed by atoms with Crippen LogP contribution in [0.3, 0.4) is 0 Å². The van der Waals surface area contributed by atoms with Crippen LogP contribution < -0.4 is 0 Å². The van der Waals surface area contributed by atoms with E-state index in [0.717, 1.165) is 4.90 Å². The van der Waals surface area contributed by atoms with Crippen LogP contribution >= 0.6 is 0 Å². The van der Waals surface area contributed by atoms with Gasteiger partial charge in [-0.25, -0.2) is 4.79 Å². The Morgan fingerprint density at radius 2 is 2.06 bits per heavy atom. The fourth-order valence-electron chi connectivity index (χ4n) is 2.21. The molecule has 2 rings (SSSR count). The lowest BCUT2D eigenvalue weighted by atomic mass is 10.3. The fraction of sp³-hybridized carbons (Fsp3) is 0.727. The summed E-state index contributed by atoms with van der Waals surface area (Å²) in [5, 5.41) is 9.32. The third kappa shape index (κ3) is 2.17. The van der Waals surface area contributed by atoms with Crippen LogP contribution in [0.25, 0.3) is 0 Å². The summed E-state index contributed by atoms with van der Waals surface area (Å²) in [5.41, 5.74) is 0. The molecule has 2 saturated heterocycles. The van der Waals surface area contributed by atoms with Crippen LogP contribution in [0, 0.1) is 0 Å². The van der Waals surface area contributed by atoms with Crippen molar-refractivity contribution in [1.29, 1.82) is 0 Å². The smallest absolute Gasteiger partial charge is 0.326 e. The van der Waals surface area contributed by atoms with Crippen LogP contribution in [0.2, 0.25) is 0 Å². The summed E-state index contributed by atoms with van der Waals surface area (Å²) in [6, 6.07) is -0.346. The topological polar surface area (TPSA) is 81.2 Å². The maximum atomic E-state index is 12.0. The van der Waals surface area contributed by atoms with Crippen molar-refractivity contribution in [2.75, 3.05) is 26.7 Å². The van der Waals surface area contributed by atoms with E-state index in [9.17, 15) is 19.5 Å². The molecule has 2 atom stereocenters. The van der Waals surface area contributed by atoms with E-state index in [1.807, 2.05) is 6.92 Å². The zero-order valence-corrected chi connectivity index (χ0v) is 10.5. The largest absolute Gasteiger partial charge is 0.391 e. The summed E-state index contributed by atoms with van der Waals surface area (Å²) in [6.07, 6.45) is -0.654. The second-order valence-corrected chi connectivity index (χ2v) is 4.88. The van der Waals surface area contributed by atoms with Crippen LogP contribution in [-0.4, -0.2) is 76.5 Å². The summed E-state index contributed by atoms with van der Waals surface area (Å²) >= 11 is 0. The Morgan fingerprint density at radius 3 is 2.50 bits per heavy atom. The Kier molecular flexibility index (Phi) is 3.25. The molecular formula is C11H17N3O4. The number of imide groups is 1. The number of aliphatic hydroxyl groups is 1. The third-order valence-electron chi connectivity index (χ3n) is 3.46. The molecule has 0 radical (unpaired) electrons. The number of nitrogens with zero attached hydrogens (tertiary/aromatic N) is 3. The Morgan fingerprint density at radius 1 is 1.39 bits per heavy atom. The molecule has 18 heavy (non-hydrogen) atoms. The van der Waals surface area contributed by atoms with E-state index in [0.29, 0.717) is 6.54 Å². The molecule has 100 valence electrons. The zero-order valence-electron chi connectivity index (χ0n) is 10.5. The molecule has 1 N–H and O–H groups in total. The van der Waals surface area contributed by atoms with Crippen molar-refractivity contribution >= 4 is 17.8 Å². The van der Waals surface area contributed by atoms with Crippen molar-refractivity contribution in [2.45, 2.75) is 25.5 Å². The number of amides is 4. The van der Waals surface area contributed by atoms with Crippen LogP contribution in [0.15, 0.2) is 0 Å². The molecule has 2 fully saturated rings. The van der Waals surface area contributed by atoms with Crippen molar-refractivity contribution in [2.24, 2.45) is 0 Å². The molecule has 2 unspecified atom stereocenters. The average molecular weight is 255 g/mol. The molecule has 7 nitrogen and oxygen atoms in total. The molecule has 2 aliphatic heterocycles. The molecule has 0 bridgehead atoms. The van der Waals surface area contributed by atoms with Gasteiger partial charge in [-0.05, 0) is 6.92 Å². The number of carbonyl (C=O) groups is 3. The summed E-state index contributed by atoms with van der Waals surface area (Å²) in [6.45, 7) is 2.23. The Balaban J connectivity index is 1.97. The molecular weight excluding hydrogens is 238 g/mol. The predicted octanol–water partition coefficient (Wildman–Crippen LogP) is -1.14. The normalized spacial score (nSPS) is 28.5. The highest BCUT2D eigenvalue weighted by molar-refractivity contribution is 5.98. The number of likely N-dealkylation sites (tertiary alicyclic amines) is 1. The molecule has 4 amide bonds. The summed E-state index contributed by atoms with van der Waals surface area (Å²) in [4.78, 5) is 39.1. The Labute approximate surface area is 105 Å². The van der Waals surface area contributed by atoms with Crippen molar-refractivity contribution in [1.82, 2.24) is 14.7 Å². The zero-order chi connectivity index (χ0) is 13.4. The maximum absolute atomic E-state index is 12.0. The van der Waals surface area contributed by atoms with Crippen molar-refractivity contribution in [3.05, 3.63) is 0 Å². The number of rotatable bonds is 2. The highest BCUT2D eigenvalue weighted by Gasteiger charge is 2.38. The quantitative estimate of drug-likeness (QED) is 0.676. The second kappa shape index (κ2) is 4.56. The number of carbonyl (C=O) groups excluding carboxylic acids is 3. The number of aliphatic hydroxyl groups excluding tert-OH is 1. The Hall–Kier alpha value is -1.63. The molecule has 0 aliphatic carbocycles. The van der Waals surface area contributed by atoms with Gasteiger partial charge in [0.25, 0.3) is 0 Å². The minimum Gasteiger partial charge on any atom is -0.391 e. The van der Waals surface area contributed by atoms with E-state index in [4.69, 9.17) is 0 Å². The van der Waals surface area contributed by atoms with Gasteiger partial charge < -0.3 is 14.9 Å². The number of β-amino-alcohol motifs (C(OH)–C–C–N with tert-alkyl or cyclic N) is 1. The molecule has 2 aliphatic rings. The van der Waals surface area contributed by atoms with Crippen LogP contribution in [0.5, 0.6) is 0 Å². The number of likely N-dealkylation sites (N-methyl/N-ethyl adjacent to an activating group) is 1. The van der Waals surface area contributed by atoms with E-state index < -0.39 is 12.0 Å². The van der Waals surface area contributed by atoms with Crippen molar-refractivity contribution in [3.8, 4) is 0 Å². The lowest BCUT2D eigenvalue weighted by Crippen LogP contribution is -2.42. The van der Waals surface area contributed by atoms with E-state index in [2.05, 4.69) is 0 Å². The number of urea groups is 1. The first kappa shape index (κ1) is 12.8. The van der Waals surface area contributed by atoms with Crippen molar-refractivity contribution in [3.63, 3.8) is 0 Å². The first-order valence-corrected chi connectivity index (χ1v) is 5.93. The van der Waals surface area contributed by atoms with E-state index in [1.54, 1.807) is 7.05 Å². The van der Waals surface area contributed by atoms with Gasteiger partial charge in [-0.3, -0.25) is 14.5 Å². The van der Waals surface area contributed by atoms with E-state index in [1.165, 1.54) is 9.80 Å². The van der Waals surface area contributed by atoms with Gasteiger partial charge in [0.1, 0.15) is 6.54 Å². The van der Waals surface area contributed by atoms with Gasteiger partial charge in [0.15, 0.2) is 0 Å². The monoisotopic (exact) mass is 255 g/mol. The second-order valence-electron chi connectivity index (χ2n) is 4.88. The average Bonchev–Trinajstić information content (AvgIpc) is 2.73. The lowest BCUT2D eigenvalue weighted by molar-refractivity contribution is -0.136. The van der Waals surface area contributed by atoms with Crippen LogP contribution in [0.1, 0.15) is 13.3 Å². The summed E-state index contributed by atoms with van der Waals surface area (Å²) in [7, 11) is 1.64. The van der Waals surface area contributed by atoms with Gasteiger partial charge in [0.05, 0.1) is 19.1 Å². The molecule has 0 aromatic carbocycles. The summed E-state index contributed by atoms with van der Waals surface area (Å²) in [5.74, 6) is -0.637. The molecule has 2 heterocycles.